The predicted octanol–water partition coefficient (Wildman–Crippen LogP) is 2.39. The number of anilines is 1. The van der Waals surface area contributed by atoms with Gasteiger partial charge in [-0.1, -0.05) is 15.9 Å². The molecule has 0 aromatic heterocycles. The van der Waals surface area contributed by atoms with E-state index in [1.807, 2.05) is 6.07 Å². The smallest absolute Gasteiger partial charge is 0.0992 e. The number of nitrogens with one attached hydrogen (secondary N) is 1. The molecule has 1 aromatic carbocycles. The molecule has 0 aliphatic carbocycles. The van der Waals surface area contributed by atoms with E-state index in [-0.39, 0.29) is 6.10 Å². The third kappa shape index (κ3) is 4.73. The van der Waals surface area contributed by atoms with E-state index >= 15 is 0 Å². The third-order valence-corrected chi connectivity index (χ3v) is 2.70. The van der Waals surface area contributed by atoms with Gasteiger partial charge in [0.15, 0.2) is 0 Å². The lowest BCUT2D eigenvalue weighted by molar-refractivity contribution is 0.0365. The summed E-state index contributed by atoms with van der Waals surface area (Å²) in [4.78, 5) is 0. The topological polar surface area (TPSA) is 54.3 Å². The Kier molecular flexibility index (Phi) is 5.98. The fourth-order valence-corrected chi connectivity index (χ4v) is 1.88. The van der Waals surface area contributed by atoms with Crippen LogP contribution in [0.5, 0.6) is 0 Å². The van der Waals surface area contributed by atoms with Crippen LogP contribution in [0.15, 0.2) is 22.7 Å². The molecule has 1 atom stereocenters. The van der Waals surface area contributed by atoms with E-state index in [4.69, 9.17) is 14.7 Å². The quantitative estimate of drug-likeness (QED) is 0.876. The maximum atomic E-state index is 8.85. The number of hydrogen-bond donors (Lipinski definition) is 1. The Morgan fingerprint density at radius 1 is 1.41 bits per heavy atom. The Hall–Kier alpha value is -1.09. The first-order valence-electron chi connectivity index (χ1n) is 5.16. The molecular weight excluding hydrogens is 284 g/mol. The zero-order valence-corrected chi connectivity index (χ0v) is 11.5. The molecule has 0 saturated carbocycles. The van der Waals surface area contributed by atoms with Crippen molar-refractivity contribution in [2.24, 2.45) is 0 Å². The van der Waals surface area contributed by atoms with E-state index in [1.165, 1.54) is 0 Å². The summed E-state index contributed by atoms with van der Waals surface area (Å²) >= 11 is 3.36. The van der Waals surface area contributed by atoms with Crippen molar-refractivity contribution in [3.05, 3.63) is 28.2 Å². The summed E-state index contributed by atoms with van der Waals surface area (Å²) in [5, 5.41) is 12.1. The first kappa shape index (κ1) is 14.0. The van der Waals surface area contributed by atoms with Gasteiger partial charge in [-0.05, 0) is 18.2 Å². The van der Waals surface area contributed by atoms with Gasteiger partial charge < -0.3 is 14.8 Å². The molecule has 1 unspecified atom stereocenters. The van der Waals surface area contributed by atoms with Crippen LogP contribution in [0, 0.1) is 11.3 Å². The molecule has 0 spiro atoms. The lowest BCUT2D eigenvalue weighted by atomic mass is 10.2. The van der Waals surface area contributed by atoms with Crippen LogP contribution in [0.1, 0.15) is 5.56 Å². The van der Waals surface area contributed by atoms with Gasteiger partial charge in [-0.2, -0.15) is 5.26 Å². The van der Waals surface area contributed by atoms with Gasteiger partial charge in [0.05, 0.1) is 24.3 Å². The van der Waals surface area contributed by atoms with Crippen LogP contribution in [0.2, 0.25) is 0 Å². The van der Waals surface area contributed by atoms with Crippen molar-refractivity contribution >= 4 is 21.6 Å². The number of ether oxygens (including phenoxy) is 2. The average Bonchev–Trinajstić information content (AvgIpc) is 2.33. The maximum absolute atomic E-state index is 8.85. The standard InChI is InChI=1S/C12H15BrN2O2/c1-16-8-12(17-2)7-15-11-4-9(6-14)3-10(13)5-11/h3-5,12,15H,7-8H2,1-2H3. The molecule has 92 valence electrons. The lowest BCUT2D eigenvalue weighted by Gasteiger charge is -2.16. The maximum Gasteiger partial charge on any atom is 0.0992 e. The highest BCUT2D eigenvalue weighted by Gasteiger charge is 2.07. The molecule has 0 heterocycles. The molecule has 0 aliphatic rings. The van der Waals surface area contributed by atoms with E-state index in [0.29, 0.717) is 18.7 Å². The van der Waals surface area contributed by atoms with Gasteiger partial charge in [-0.15, -0.1) is 0 Å². The highest BCUT2D eigenvalue weighted by atomic mass is 79.9. The number of halogens is 1. The highest BCUT2D eigenvalue weighted by molar-refractivity contribution is 9.10. The number of benzene rings is 1. The van der Waals surface area contributed by atoms with E-state index in [9.17, 15) is 0 Å². The van der Waals surface area contributed by atoms with Crippen LogP contribution in [-0.2, 0) is 9.47 Å². The first-order valence-corrected chi connectivity index (χ1v) is 5.95. The number of hydrogen-bond acceptors (Lipinski definition) is 4. The normalized spacial score (nSPS) is 11.9. The van der Waals surface area contributed by atoms with Gasteiger partial charge in [-0.3, -0.25) is 0 Å². The highest BCUT2D eigenvalue weighted by Crippen LogP contribution is 2.19. The fourth-order valence-electron chi connectivity index (χ4n) is 1.38. The van der Waals surface area contributed by atoms with Crippen LogP contribution in [0.4, 0.5) is 5.69 Å². The van der Waals surface area contributed by atoms with E-state index in [1.54, 1.807) is 26.4 Å². The van der Waals surface area contributed by atoms with Gasteiger partial charge in [0, 0.05) is 30.9 Å². The summed E-state index contributed by atoms with van der Waals surface area (Å²) in [6.45, 7) is 1.16. The molecule has 0 fully saturated rings. The van der Waals surface area contributed by atoms with Gasteiger partial charge in [0.2, 0.25) is 0 Å². The van der Waals surface area contributed by atoms with Crippen molar-refractivity contribution in [3.63, 3.8) is 0 Å². The number of methoxy groups -OCH3 is 2. The second-order valence-electron chi connectivity index (χ2n) is 3.53. The van der Waals surface area contributed by atoms with E-state index < -0.39 is 0 Å². The molecule has 0 radical (unpaired) electrons. The zero-order chi connectivity index (χ0) is 12.7. The summed E-state index contributed by atoms with van der Waals surface area (Å²) in [6.07, 6.45) is -0.00971. The monoisotopic (exact) mass is 298 g/mol. The summed E-state index contributed by atoms with van der Waals surface area (Å²) in [5.74, 6) is 0. The Labute approximate surface area is 110 Å². The molecule has 4 nitrogen and oxygen atoms in total. The largest absolute Gasteiger partial charge is 0.382 e. The summed E-state index contributed by atoms with van der Waals surface area (Å²) in [5.41, 5.74) is 1.50. The fraction of sp³-hybridized carbons (Fsp3) is 0.417. The van der Waals surface area contributed by atoms with Crippen molar-refractivity contribution in [1.29, 1.82) is 5.26 Å². The van der Waals surface area contributed by atoms with Crippen molar-refractivity contribution in [2.75, 3.05) is 32.7 Å². The molecule has 0 saturated heterocycles. The van der Waals surface area contributed by atoms with Crippen molar-refractivity contribution in [1.82, 2.24) is 0 Å². The van der Waals surface area contributed by atoms with Gasteiger partial charge >= 0.3 is 0 Å². The van der Waals surface area contributed by atoms with Crippen LogP contribution in [0.25, 0.3) is 0 Å². The SMILES string of the molecule is COCC(CNc1cc(Br)cc(C#N)c1)OC. The first-order chi connectivity index (χ1) is 8.19. The average molecular weight is 299 g/mol. The summed E-state index contributed by atoms with van der Waals surface area (Å²) < 4.78 is 11.1. The molecule has 0 aliphatic heterocycles. The second kappa shape index (κ2) is 7.28. The van der Waals surface area contributed by atoms with Crippen LogP contribution in [0.3, 0.4) is 0 Å². The van der Waals surface area contributed by atoms with Crippen molar-refractivity contribution in [3.8, 4) is 6.07 Å². The molecular formula is C12H15BrN2O2. The predicted molar refractivity (Wildman–Crippen MR) is 70.0 cm³/mol. The van der Waals surface area contributed by atoms with Crippen LogP contribution in [-0.4, -0.2) is 33.5 Å². The van der Waals surface area contributed by atoms with E-state index in [0.717, 1.165) is 10.2 Å². The molecule has 0 bridgehead atoms. The lowest BCUT2D eigenvalue weighted by Crippen LogP contribution is -2.26. The Morgan fingerprint density at radius 3 is 2.76 bits per heavy atom. The third-order valence-electron chi connectivity index (χ3n) is 2.25. The summed E-state index contributed by atoms with van der Waals surface area (Å²) in [7, 11) is 3.28. The summed E-state index contributed by atoms with van der Waals surface area (Å²) in [6, 6.07) is 7.59. The van der Waals surface area contributed by atoms with Crippen molar-refractivity contribution in [2.45, 2.75) is 6.10 Å². The molecule has 5 heteroatoms. The Balaban J connectivity index is 2.62. The number of rotatable bonds is 6. The van der Waals surface area contributed by atoms with Crippen LogP contribution < -0.4 is 5.32 Å². The van der Waals surface area contributed by atoms with Crippen LogP contribution >= 0.6 is 15.9 Å². The Bertz CT molecular complexity index is 404. The van der Waals surface area contributed by atoms with E-state index in [2.05, 4.69) is 27.3 Å². The minimum Gasteiger partial charge on any atom is -0.382 e. The molecule has 0 amide bonds. The minimum absolute atomic E-state index is 0.00971. The molecule has 17 heavy (non-hydrogen) atoms. The molecule has 1 aromatic rings. The zero-order valence-electron chi connectivity index (χ0n) is 9.87. The van der Waals surface area contributed by atoms with Gasteiger partial charge in [0.25, 0.3) is 0 Å². The van der Waals surface area contributed by atoms with Gasteiger partial charge in [-0.25, -0.2) is 0 Å². The van der Waals surface area contributed by atoms with Crippen molar-refractivity contribution < 1.29 is 9.47 Å². The molecule has 1 rings (SSSR count). The minimum atomic E-state index is -0.00971. The van der Waals surface area contributed by atoms with Gasteiger partial charge in [0.1, 0.15) is 0 Å². The molecule has 1 N–H and O–H groups in total. The Morgan fingerprint density at radius 2 is 2.18 bits per heavy atom. The number of nitrogens with zero attached hydrogens (tertiary/aromatic N) is 1. The second-order valence-corrected chi connectivity index (χ2v) is 4.45. The number of nitriles is 1.